The first kappa shape index (κ1) is 15.3. The van der Waals surface area contributed by atoms with Crippen molar-refractivity contribution in [2.24, 2.45) is 5.73 Å². The van der Waals surface area contributed by atoms with E-state index in [0.717, 1.165) is 18.8 Å². The largest absolute Gasteiger partial charge is 0.397 e. The topological polar surface area (TPSA) is 85.2 Å². The van der Waals surface area contributed by atoms with Crippen LogP contribution in [0.5, 0.6) is 0 Å². The maximum atomic E-state index is 11.3. The molecular weight excluding hydrogens is 240 g/mol. The van der Waals surface area contributed by atoms with Gasteiger partial charge in [0.15, 0.2) is 0 Å². The molecule has 0 atom stereocenters. The molecule has 0 saturated heterocycles. The van der Waals surface area contributed by atoms with Crippen LogP contribution in [-0.4, -0.2) is 23.5 Å². The molecule has 0 fully saturated rings. The van der Waals surface area contributed by atoms with Crippen LogP contribution in [0.25, 0.3) is 0 Å². The Bertz CT molecular complexity index is 431. The van der Waals surface area contributed by atoms with E-state index in [-0.39, 0.29) is 0 Å². The van der Waals surface area contributed by atoms with Gasteiger partial charge in [-0.2, -0.15) is 0 Å². The molecule has 1 aromatic rings. The Balaban J connectivity index is 2.96. The number of hydrogen-bond acceptors (Lipinski definition) is 4. The monoisotopic (exact) mass is 264 g/mol. The van der Waals surface area contributed by atoms with Gasteiger partial charge in [-0.05, 0) is 26.3 Å². The van der Waals surface area contributed by atoms with Crippen molar-refractivity contribution in [1.29, 1.82) is 0 Å². The average molecular weight is 264 g/mol. The van der Waals surface area contributed by atoms with Gasteiger partial charge in [0.2, 0.25) is 0 Å². The summed E-state index contributed by atoms with van der Waals surface area (Å²) in [7, 11) is 0. The molecule has 0 aromatic carbocycles. The van der Waals surface area contributed by atoms with Crippen molar-refractivity contribution in [3.63, 3.8) is 0 Å². The maximum Gasteiger partial charge on any atom is 0.250 e. The van der Waals surface area contributed by atoms with Gasteiger partial charge in [-0.25, -0.2) is 4.98 Å². The zero-order chi connectivity index (χ0) is 14.4. The molecule has 0 aliphatic carbocycles. The first-order valence-corrected chi connectivity index (χ1v) is 6.79. The molecule has 0 radical (unpaired) electrons. The number of carbonyl (C=O) groups is 1. The lowest BCUT2D eigenvalue weighted by molar-refractivity contribution is 0.100. The molecule has 5 nitrogen and oxygen atoms in total. The molecule has 5 heteroatoms. The lowest BCUT2D eigenvalue weighted by atomic mass is 10.1. The van der Waals surface area contributed by atoms with Crippen LogP contribution < -0.4 is 16.4 Å². The molecule has 4 N–H and O–H groups in total. The molecular formula is C14H24N4O. The summed E-state index contributed by atoms with van der Waals surface area (Å²) in [4.78, 5) is 17.8. The molecule has 0 bridgehead atoms. The second-order valence-corrected chi connectivity index (χ2v) is 4.99. The van der Waals surface area contributed by atoms with Gasteiger partial charge in [-0.15, -0.1) is 0 Å². The number of hydrogen-bond donors (Lipinski definition) is 2. The summed E-state index contributed by atoms with van der Waals surface area (Å²) >= 11 is 0. The fourth-order valence-corrected chi connectivity index (χ4v) is 1.99. The number of rotatable bonds is 7. The summed E-state index contributed by atoms with van der Waals surface area (Å²) in [5, 5.41) is 0. The van der Waals surface area contributed by atoms with E-state index < -0.39 is 5.91 Å². The second kappa shape index (κ2) is 6.97. The van der Waals surface area contributed by atoms with E-state index in [2.05, 4.69) is 30.7 Å². The number of pyridine rings is 1. The van der Waals surface area contributed by atoms with E-state index in [1.807, 2.05) is 0 Å². The Labute approximate surface area is 115 Å². The van der Waals surface area contributed by atoms with Crippen LogP contribution in [0, 0.1) is 0 Å². The van der Waals surface area contributed by atoms with E-state index in [4.69, 9.17) is 11.5 Å². The molecule has 1 aromatic heterocycles. The van der Waals surface area contributed by atoms with Gasteiger partial charge in [0.05, 0.1) is 17.4 Å². The fourth-order valence-electron chi connectivity index (χ4n) is 1.99. The van der Waals surface area contributed by atoms with Crippen LogP contribution in [0.4, 0.5) is 11.5 Å². The molecule has 0 aliphatic heterocycles. The zero-order valence-corrected chi connectivity index (χ0v) is 12.0. The van der Waals surface area contributed by atoms with Crippen molar-refractivity contribution >= 4 is 17.4 Å². The third-order valence-corrected chi connectivity index (χ3v) is 3.11. The zero-order valence-electron chi connectivity index (χ0n) is 12.0. The minimum Gasteiger partial charge on any atom is -0.397 e. The van der Waals surface area contributed by atoms with Crippen molar-refractivity contribution in [3.8, 4) is 0 Å². The third kappa shape index (κ3) is 4.12. The Morgan fingerprint density at radius 1 is 1.42 bits per heavy atom. The van der Waals surface area contributed by atoms with E-state index in [1.54, 1.807) is 6.07 Å². The van der Waals surface area contributed by atoms with Crippen molar-refractivity contribution in [2.45, 2.75) is 46.1 Å². The molecule has 0 aliphatic rings. The lowest BCUT2D eigenvalue weighted by Crippen LogP contribution is -2.33. The highest BCUT2D eigenvalue weighted by Gasteiger charge is 2.15. The van der Waals surface area contributed by atoms with Crippen molar-refractivity contribution in [2.75, 3.05) is 17.2 Å². The lowest BCUT2D eigenvalue weighted by Gasteiger charge is -2.28. The van der Waals surface area contributed by atoms with Gasteiger partial charge in [-0.3, -0.25) is 4.79 Å². The molecule has 106 valence electrons. The van der Waals surface area contributed by atoms with Gasteiger partial charge in [-0.1, -0.05) is 19.8 Å². The number of nitrogens with zero attached hydrogens (tertiary/aromatic N) is 2. The fraction of sp³-hybridized carbons (Fsp3) is 0.571. The van der Waals surface area contributed by atoms with Crippen LogP contribution in [0.1, 0.15) is 50.4 Å². The Morgan fingerprint density at radius 3 is 2.63 bits per heavy atom. The average Bonchev–Trinajstić information content (AvgIpc) is 2.35. The predicted octanol–water partition coefficient (Wildman–Crippen LogP) is 2.17. The maximum absolute atomic E-state index is 11.3. The number of unbranched alkanes of at least 4 members (excludes halogenated alkanes) is 2. The van der Waals surface area contributed by atoms with E-state index in [1.165, 1.54) is 19.0 Å². The van der Waals surface area contributed by atoms with Crippen LogP contribution in [-0.2, 0) is 0 Å². The quantitative estimate of drug-likeness (QED) is 0.739. The van der Waals surface area contributed by atoms with E-state index >= 15 is 0 Å². The summed E-state index contributed by atoms with van der Waals surface area (Å²) in [5.74, 6) is 0.243. The highest BCUT2D eigenvalue weighted by molar-refractivity contribution is 5.98. The van der Waals surface area contributed by atoms with Crippen molar-refractivity contribution < 1.29 is 4.79 Å². The van der Waals surface area contributed by atoms with Gasteiger partial charge in [0, 0.05) is 12.6 Å². The minimum atomic E-state index is -0.515. The molecule has 0 saturated carbocycles. The second-order valence-electron chi connectivity index (χ2n) is 4.99. The Kier molecular flexibility index (Phi) is 5.60. The first-order chi connectivity index (χ1) is 8.97. The number of amides is 1. The molecule has 0 spiro atoms. The first-order valence-electron chi connectivity index (χ1n) is 6.79. The standard InChI is InChI=1S/C14H24N4O/c1-4-5-6-7-18(10(2)3)13-8-11(14(16)19)12(15)9-17-13/h8-10H,4-7,15H2,1-3H3,(H2,16,19). The minimum absolute atomic E-state index is 0.314. The highest BCUT2D eigenvalue weighted by Crippen LogP contribution is 2.20. The Morgan fingerprint density at radius 2 is 2.11 bits per heavy atom. The summed E-state index contributed by atoms with van der Waals surface area (Å²) in [6, 6.07) is 2.00. The van der Waals surface area contributed by atoms with Crippen LogP contribution >= 0.6 is 0 Å². The summed E-state index contributed by atoms with van der Waals surface area (Å²) in [6.45, 7) is 7.30. The van der Waals surface area contributed by atoms with Gasteiger partial charge >= 0.3 is 0 Å². The van der Waals surface area contributed by atoms with Gasteiger partial charge < -0.3 is 16.4 Å². The van der Waals surface area contributed by atoms with Crippen molar-refractivity contribution in [3.05, 3.63) is 17.8 Å². The highest BCUT2D eigenvalue weighted by atomic mass is 16.1. The summed E-state index contributed by atoms with van der Waals surface area (Å²) in [5.41, 5.74) is 11.7. The van der Waals surface area contributed by atoms with Gasteiger partial charge in [0.1, 0.15) is 5.82 Å². The number of primary amides is 1. The SMILES string of the molecule is CCCCCN(c1cc(C(N)=O)c(N)cn1)C(C)C. The van der Waals surface area contributed by atoms with Crippen LogP contribution in [0.3, 0.4) is 0 Å². The van der Waals surface area contributed by atoms with Crippen LogP contribution in [0.2, 0.25) is 0 Å². The molecule has 19 heavy (non-hydrogen) atoms. The predicted molar refractivity (Wildman–Crippen MR) is 79.2 cm³/mol. The van der Waals surface area contributed by atoms with Crippen molar-refractivity contribution in [1.82, 2.24) is 4.98 Å². The number of nitrogens with two attached hydrogens (primary N) is 2. The summed E-state index contributed by atoms with van der Waals surface area (Å²) < 4.78 is 0. The summed E-state index contributed by atoms with van der Waals surface area (Å²) in [6.07, 6.45) is 4.96. The molecule has 1 heterocycles. The van der Waals surface area contributed by atoms with E-state index in [0.29, 0.717) is 17.3 Å². The number of anilines is 2. The van der Waals surface area contributed by atoms with Crippen LogP contribution in [0.15, 0.2) is 12.3 Å². The molecule has 1 rings (SSSR count). The van der Waals surface area contributed by atoms with E-state index in [9.17, 15) is 4.79 Å². The third-order valence-electron chi connectivity index (χ3n) is 3.11. The van der Waals surface area contributed by atoms with Gasteiger partial charge in [0.25, 0.3) is 5.91 Å². The normalized spacial score (nSPS) is 10.7. The number of carbonyl (C=O) groups excluding carboxylic acids is 1. The molecule has 0 unspecified atom stereocenters. The smallest absolute Gasteiger partial charge is 0.250 e. The Hall–Kier alpha value is -1.78. The number of aromatic nitrogens is 1. The number of nitrogen functional groups attached to an aromatic ring is 1. The molecule has 1 amide bonds.